The van der Waals surface area contributed by atoms with Crippen LogP contribution in [0.3, 0.4) is 0 Å². The third-order valence-corrected chi connectivity index (χ3v) is 6.91. The molecule has 1 N–H and O–H groups in total. The van der Waals surface area contributed by atoms with Gasteiger partial charge >= 0.3 is 0 Å². The van der Waals surface area contributed by atoms with E-state index in [9.17, 15) is 13.2 Å². The van der Waals surface area contributed by atoms with Crippen molar-refractivity contribution in [2.24, 2.45) is 0 Å². The quantitative estimate of drug-likeness (QED) is 0.436. The number of carbonyl (C=O) groups excluding carboxylic acids is 1. The predicted molar refractivity (Wildman–Crippen MR) is 127 cm³/mol. The van der Waals surface area contributed by atoms with Gasteiger partial charge in [-0.05, 0) is 48.5 Å². The minimum Gasteiger partial charge on any atom is -0.492 e. The highest BCUT2D eigenvalue weighted by molar-refractivity contribution is 7.89. The molecule has 0 aliphatic rings. The van der Waals surface area contributed by atoms with E-state index in [0.29, 0.717) is 28.7 Å². The Morgan fingerprint density at radius 1 is 0.939 bits per heavy atom. The van der Waals surface area contributed by atoms with Crippen LogP contribution in [0.2, 0.25) is 5.02 Å². The average Bonchev–Trinajstić information content (AvgIpc) is 2.81. The number of nitrogens with one attached hydrogen (secondary N) is 1. The van der Waals surface area contributed by atoms with E-state index in [-0.39, 0.29) is 24.0 Å². The van der Waals surface area contributed by atoms with Gasteiger partial charge in [0.1, 0.15) is 24.7 Å². The molecule has 0 aromatic heterocycles. The second-order valence-electron chi connectivity index (χ2n) is 7.27. The van der Waals surface area contributed by atoms with Crippen LogP contribution in [-0.4, -0.2) is 45.9 Å². The van der Waals surface area contributed by atoms with Crippen molar-refractivity contribution in [1.82, 2.24) is 9.62 Å². The Bertz CT molecular complexity index is 1200. The number of rotatable bonds is 10. The zero-order valence-electron chi connectivity index (χ0n) is 18.3. The number of carbonyl (C=O) groups is 1. The summed E-state index contributed by atoms with van der Waals surface area (Å²) in [7, 11) is -0.532. The fourth-order valence-electron chi connectivity index (χ4n) is 2.86. The summed E-state index contributed by atoms with van der Waals surface area (Å²) in [6.45, 7) is 0.808. The highest BCUT2D eigenvalue weighted by Crippen LogP contribution is 2.20. The Labute approximate surface area is 198 Å². The fraction of sp³-hybridized carbons (Fsp3) is 0.208. The van der Waals surface area contributed by atoms with Crippen LogP contribution < -0.4 is 14.8 Å². The number of amides is 1. The molecule has 0 saturated carbocycles. The first-order chi connectivity index (χ1) is 15.8. The molecule has 174 valence electrons. The van der Waals surface area contributed by atoms with E-state index in [4.69, 9.17) is 21.1 Å². The summed E-state index contributed by atoms with van der Waals surface area (Å²) < 4.78 is 36.7. The molecule has 7 nitrogen and oxygen atoms in total. The van der Waals surface area contributed by atoms with Crippen molar-refractivity contribution in [2.75, 3.05) is 27.2 Å². The molecule has 3 aromatic carbocycles. The van der Waals surface area contributed by atoms with Gasteiger partial charge in [0.05, 0.1) is 11.4 Å². The summed E-state index contributed by atoms with van der Waals surface area (Å²) in [4.78, 5) is 12.6. The van der Waals surface area contributed by atoms with Crippen LogP contribution in [0.25, 0.3) is 0 Å². The average molecular weight is 489 g/mol. The number of sulfonamides is 1. The van der Waals surface area contributed by atoms with Gasteiger partial charge in [-0.25, -0.2) is 12.7 Å². The molecule has 0 bridgehead atoms. The van der Waals surface area contributed by atoms with Crippen molar-refractivity contribution in [1.29, 1.82) is 0 Å². The Hall–Kier alpha value is -3.07. The lowest BCUT2D eigenvalue weighted by Crippen LogP contribution is -2.28. The van der Waals surface area contributed by atoms with E-state index in [1.807, 2.05) is 18.2 Å². The smallest absolute Gasteiger partial charge is 0.251 e. The first-order valence-corrected chi connectivity index (χ1v) is 12.0. The standard InChI is InChI=1S/C24H25ClN2O5S/c1-27(2)33(29,30)22-12-10-20(11-13-22)31-15-14-26-24(28)18-7-5-8-21(16-18)32-17-19-6-3-4-9-23(19)25/h3-13,16H,14-15,17H2,1-2H3,(H,26,28). The minimum absolute atomic E-state index is 0.185. The molecule has 0 atom stereocenters. The number of nitrogens with zero attached hydrogens (tertiary/aromatic N) is 1. The van der Waals surface area contributed by atoms with Crippen molar-refractivity contribution in [3.63, 3.8) is 0 Å². The maximum Gasteiger partial charge on any atom is 0.251 e. The van der Waals surface area contributed by atoms with E-state index in [2.05, 4.69) is 5.32 Å². The number of hydrogen-bond donors (Lipinski definition) is 1. The van der Waals surface area contributed by atoms with Crippen LogP contribution in [-0.2, 0) is 16.6 Å². The third-order valence-electron chi connectivity index (χ3n) is 4.71. The minimum atomic E-state index is -3.48. The van der Waals surface area contributed by atoms with Crippen LogP contribution in [0.4, 0.5) is 0 Å². The maximum absolute atomic E-state index is 12.4. The van der Waals surface area contributed by atoms with E-state index in [0.717, 1.165) is 9.87 Å². The predicted octanol–water partition coefficient (Wildman–Crippen LogP) is 3.98. The molecule has 3 aromatic rings. The van der Waals surface area contributed by atoms with Gasteiger partial charge in [-0.15, -0.1) is 0 Å². The lowest BCUT2D eigenvalue weighted by Gasteiger charge is -2.12. The second kappa shape index (κ2) is 11.2. The Morgan fingerprint density at radius 3 is 2.36 bits per heavy atom. The van der Waals surface area contributed by atoms with Gasteiger partial charge < -0.3 is 14.8 Å². The molecule has 0 unspecified atom stereocenters. The van der Waals surface area contributed by atoms with Gasteiger partial charge in [0.15, 0.2) is 0 Å². The second-order valence-corrected chi connectivity index (χ2v) is 9.83. The van der Waals surface area contributed by atoms with Crippen LogP contribution in [0, 0.1) is 0 Å². The third kappa shape index (κ3) is 6.71. The highest BCUT2D eigenvalue weighted by atomic mass is 35.5. The number of ether oxygens (including phenoxy) is 2. The van der Waals surface area contributed by atoms with Crippen LogP contribution in [0.1, 0.15) is 15.9 Å². The van der Waals surface area contributed by atoms with Crippen molar-refractivity contribution in [3.05, 3.63) is 88.9 Å². The van der Waals surface area contributed by atoms with Gasteiger partial charge in [-0.2, -0.15) is 0 Å². The summed E-state index contributed by atoms with van der Waals surface area (Å²) in [5.41, 5.74) is 1.32. The van der Waals surface area contributed by atoms with Crippen LogP contribution in [0.15, 0.2) is 77.7 Å². The molecule has 0 saturated heterocycles. The molecule has 33 heavy (non-hydrogen) atoms. The molecule has 0 spiro atoms. The molecule has 0 fully saturated rings. The summed E-state index contributed by atoms with van der Waals surface area (Å²) >= 11 is 6.14. The lowest BCUT2D eigenvalue weighted by molar-refractivity contribution is 0.0946. The zero-order valence-corrected chi connectivity index (χ0v) is 19.9. The highest BCUT2D eigenvalue weighted by Gasteiger charge is 2.16. The number of hydrogen-bond acceptors (Lipinski definition) is 5. The Balaban J connectivity index is 1.47. The zero-order chi connectivity index (χ0) is 23.8. The van der Waals surface area contributed by atoms with E-state index < -0.39 is 10.0 Å². The Kier molecular flexibility index (Phi) is 8.32. The first-order valence-electron chi connectivity index (χ1n) is 10.2. The maximum atomic E-state index is 12.4. The van der Waals surface area contributed by atoms with E-state index in [1.165, 1.54) is 26.2 Å². The fourth-order valence-corrected chi connectivity index (χ4v) is 3.95. The topological polar surface area (TPSA) is 84.9 Å². The summed E-state index contributed by atoms with van der Waals surface area (Å²) in [5.74, 6) is 0.817. The molecule has 9 heteroatoms. The van der Waals surface area contributed by atoms with Gasteiger partial charge in [-0.3, -0.25) is 4.79 Å². The monoisotopic (exact) mass is 488 g/mol. The molecule has 0 aliphatic carbocycles. The molecule has 3 rings (SSSR count). The molecular weight excluding hydrogens is 464 g/mol. The van der Waals surface area contributed by atoms with Gasteiger partial charge in [0, 0.05) is 30.2 Å². The summed E-state index contributed by atoms with van der Waals surface area (Å²) in [6, 6.07) is 20.4. The van der Waals surface area contributed by atoms with Crippen molar-refractivity contribution in [3.8, 4) is 11.5 Å². The lowest BCUT2D eigenvalue weighted by atomic mass is 10.2. The van der Waals surface area contributed by atoms with Crippen molar-refractivity contribution >= 4 is 27.5 Å². The molecular formula is C24H25ClN2O5S. The normalized spacial score (nSPS) is 11.3. The summed E-state index contributed by atoms with van der Waals surface area (Å²) in [5, 5.41) is 3.41. The van der Waals surface area contributed by atoms with E-state index in [1.54, 1.807) is 42.5 Å². The molecule has 0 heterocycles. The molecule has 0 aliphatic heterocycles. The SMILES string of the molecule is CN(C)S(=O)(=O)c1ccc(OCCNC(=O)c2cccc(OCc3ccccc3Cl)c2)cc1. The van der Waals surface area contributed by atoms with Crippen LogP contribution >= 0.6 is 11.6 Å². The first kappa shape index (κ1) is 24.6. The summed E-state index contributed by atoms with van der Waals surface area (Å²) in [6.07, 6.45) is 0. The van der Waals surface area contributed by atoms with Crippen molar-refractivity contribution in [2.45, 2.75) is 11.5 Å². The Morgan fingerprint density at radius 2 is 1.67 bits per heavy atom. The van der Waals surface area contributed by atoms with Gasteiger partial charge in [0.2, 0.25) is 10.0 Å². The largest absolute Gasteiger partial charge is 0.492 e. The van der Waals surface area contributed by atoms with Gasteiger partial charge in [-0.1, -0.05) is 35.9 Å². The molecule has 1 amide bonds. The van der Waals surface area contributed by atoms with Gasteiger partial charge in [0.25, 0.3) is 5.91 Å². The molecule has 0 radical (unpaired) electrons. The van der Waals surface area contributed by atoms with Crippen molar-refractivity contribution < 1.29 is 22.7 Å². The number of benzene rings is 3. The van der Waals surface area contributed by atoms with E-state index >= 15 is 0 Å². The number of halogens is 1. The van der Waals surface area contributed by atoms with Crippen LogP contribution in [0.5, 0.6) is 11.5 Å².